The van der Waals surface area contributed by atoms with Crippen molar-refractivity contribution in [2.45, 2.75) is 0 Å². The molecule has 0 unspecified atom stereocenters. The van der Waals surface area contributed by atoms with E-state index in [4.69, 9.17) is 4.98 Å². The zero-order valence-electron chi connectivity index (χ0n) is 17.9. The largest absolute Gasteiger partial charge is 0.294 e. The number of fused-ring (bicyclic) bond motifs is 3. The van der Waals surface area contributed by atoms with Gasteiger partial charge >= 0.3 is 0 Å². The first kappa shape index (κ1) is 19.1. The maximum absolute atomic E-state index is 5.10. The molecule has 2 heteroatoms. The Labute approximate surface area is 192 Å². The van der Waals surface area contributed by atoms with E-state index in [0.29, 0.717) is 0 Å². The molecule has 6 aromatic rings. The van der Waals surface area contributed by atoms with Crippen LogP contribution in [0.25, 0.3) is 38.9 Å². The van der Waals surface area contributed by atoms with E-state index in [0.717, 1.165) is 39.2 Å². The van der Waals surface area contributed by atoms with Crippen LogP contribution in [0, 0.1) is 11.8 Å². The van der Waals surface area contributed by atoms with Crippen molar-refractivity contribution < 1.29 is 0 Å². The summed E-state index contributed by atoms with van der Waals surface area (Å²) in [5.74, 6) is 7.52. The van der Waals surface area contributed by atoms with Gasteiger partial charge in [-0.1, -0.05) is 90.7 Å². The van der Waals surface area contributed by atoms with Crippen LogP contribution in [0.1, 0.15) is 11.1 Å². The van der Waals surface area contributed by atoms with E-state index in [1.54, 1.807) is 0 Å². The standard InChI is InChI=1S/C31H20N2/c1-2-11-23(12-3-1)21-22-24-13-4-5-14-25(24)28-17-10-20-31(32-28)33-29-18-8-6-15-26(29)27-16-7-9-19-30(27)33/h1-20H. The van der Waals surface area contributed by atoms with Crippen LogP contribution in [0.2, 0.25) is 0 Å². The van der Waals surface area contributed by atoms with Crippen LogP contribution in [0.5, 0.6) is 0 Å². The number of hydrogen-bond donors (Lipinski definition) is 0. The Morgan fingerprint density at radius 2 is 1.15 bits per heavy atom. The minimum absolute atomic E-state index is 0.899. The van der Waals surface area contributed by atoms with Crippen LogP contribution in [-0.2, 0) is 0 Å². The normalized spacial score (nSPS) is 10.8. The van der Waals surface area contributed by atoms with Crippen molar-refractivity contribution in [3.05, 3.63) is 132 Å². The smallest absolute Gasteiger partial charge is 0.138 e. The molecule has 0 amide bonds. The van der Waals surface area contributed by atoms with Crippen molar-refractivity contribution in [1.82, 2.24) is 9.55 Å². The average Bonchev–Trinajstić information content (AvgIpc) is 3.23. The first-order chi connectivity index (χ1) is 16.4. The lowest BCUT2D eigenvalue weighted by Crippen LogP contribution is -1.99. The highest BCUT2D eigenvalue weighted by atomic mass is 15.1. The van der Waals surface area contributed by atoms with Gasteiger partial charge in [-0.2, -0.15) is 0 Å². The molecule has 33 heavy (non-hydrogen) atoms. The second kappa shape index (κ2) is 8.15. The second-order valence-electron chi connectivity index (χ2n) is 7.91. The van der Waals surface area contributed by atoms with Gasteiger partial charge in [0.15, 0.2) is 0 Å². The van der Waals surface area contributed by atoms with E-state index in [2.05, 4.69) is 95.3 Å². The van der Waals surface area contributed by atoms with Crippen LogP contribution in [0.3, 0.4) is 0 Å². The third-order valence-electron chi connectivity index (χ3n) is 5.86. The summed E-state index contributed by atoms with van der Waals surface area (Å²) in [7, 11) is 0. The van der Waals surface area contributed by atoms with Crippen LogP contribution >= 0.6 is 0 Å². The van der Waals surface area contributed by atoms with Crippen molar-refractivity contribution in [2.75, 3.05) is 0 Å². The van der Waals surface area contributed by atoms with Crippen molar-refractivity contribution in [3.63, 3.8) is 0 Å². The number of benzene rings is 4. The van der Waals surface area contributed by atoms with Gasteiger partial charge in [0.2, 0.25) is 0 Å². The highest BCUT2D eigenvalue weighted by molar-refractivity contribution is 6.09. The Hall–Kier alpha value is -4.61. The number of rotatable bonds is 2. The summed E-state index contributed by atoms with van der Waals surface area (Å²) in [5.41, 5.74) is 6.21. The molecule has 0 bridgehead atoms. The lowest BCUT2D eigenvalue weighted by Gasteiger charge is -2.10. The van der Waals surface area contributed by atoms with Gasteiger partial charge in [0.05, 0.1) is 16.7 Å². The zero-order chi connectivity index (χ0) is 22.0. The van der Waals surface area contributed by atoms with E-state index in [-0.39, 0.29) is 0 Å². The molecular formula is C31H20N2. The summed E-state index contributed by atoms with van der Waals surface area (Å²) in [6.07, 6.45) is 0. The summed E-state index contributed by atoms with van der Waals surface area (Å²) in [6, 6.07) is 41.5. The third-order valence-corrected chi connectivity index (χ3v) is 5.86. The molecular weight excluding hydrogens is 400 g/mol. The number of para-hydroxylation sites is 2. The molecule has 0 saturated carbocycles. The maximum Gasteiger partial charge on any atom is 0.138 e. The predicted octanol–water partition coefficient (Wildman–Crippen LogP) is 7.25. The SMILES string of the molecule is C(#Cc1ccccc1-c1cccc(-n2c3ccccc3c3ccccc32)n1)c1ccccc1. The van der Waals surface area contributed by atoms with Crippen molar-refractivity contribution in [2.24, 2.45) is 0 Å². The minimum Gasteiger partial charge on any atom is -0.294 e. The first-order valence-electron chi connectivity index (χ1n) is 11.0. The Balaban J connectivity index is 1.51. The fourth-order valence-electron chi connectivity index (χ4n) is 4.34. The number of hydrogen-bond acceptors (Lipinski definition) is 1. The topological polar surface area (TPSA) is 17.8 Å². The van der Waals surface area contributed by atoms with Crippen LogP contribution in [0.4, 0.5) is 0 Å². The molecule has 6 rings (SSSR count). The summed E-state index contributed by atoms with van der Waals surface area (Å²) < 4.78 is 2.24. The van der Waals surface area contributed by atoms with Gasteiger partial charge in [-0.05, 0) is 42.5 Å². The number of nitrogens with zero attached hydrogens (tertiary/aromatic N) is 2. The predicted molar refractivity (Wildman–Crippen MR) is 136 cm³/mol. The lowest BCUT2D eigenvalue weighted by atomic mass is 10.0. The number of aromatic nitrogens is 2. The number of pyridine rings is 1. The van der Waals surface area contributed by atoms with Crippen LogP contribution in [0.15, 0.2) is 121 Å². The van der Waals surface area contributed by atoms with E-state index >= 15 is 0 Å². The highest BCUT2D eigenvalue weighted by Crippen LogP contribution is 2.32. The summed E-state index contributed by atoms with van der Waals surface area (Å²) >= 11 is 0. The van der Waals surface area contributed by atoms with Gasteiger partial charge in [-0.3, -0.25) is 4.57 Å². The van der Waals surface area contributed by atoms with Crippen LogP contribution in [-0.4, -0.2) is 9.55 Å². The van der Waals surface area contributed by atoms with E-state index in [1.807, 2.05) is 42.5 Å². The fourth-order valence-corrected chi connectivity index (χ4v) is 4.34. The van der Waals surface area contributed by atoms with Gasteiger partial charge in [0, 0.05) is 27.5 Å². The zero-order valence-corrected chi connectivity index (χ0v) is 17.9. The monoisotopic (exact) mass is 420 g/mol. The fraction of sp³-hybridized carbons (Fsp3) is 0. The maximum atomic E-state index is 5.10. The van der Waals surface area contributed by atoms with E-state index < -0.39 is 0 Å². The summed E-state index contributed by atoms with van der Waals surface area (Å²) in [6.45, 7) is 0. The third kappa shape index (κ3) is 3.46. The molecule has 0 aliphatic heterocycles. The molecule has 0 radical (unpaired) electrons. The molecule has 0 spiro atoms. The molecule has 2 aromatic heterocycles. The molecule has 0 N–H and O–H groups in total. The van der Waals surface area contributed by atoms with Gasteiger partial charge in [0.1, 0.15) is 5.82 Å². The van der Waals surface area contributed by atoms with Gasteiger partial charge in [-0.25, -0.2) is 4.98 Å². The Morgan fingerprint density at radius 1 is 0.515 bits per heavy atom. The summed E-state index contributed by atoms with van der Waals surface area (Å²) in [5, 5.41) is 2.46. The summed E-state index contributed by atoms with van der Waals surface area (Å²) in [4.78, 5) is 5.10. The molecule has 0 aliphatic rings. The molecule has 0 saturated heterocycles. The lowest BCUT2D eigenvalue weighted by molar-refractivity contribution is 1.08. The second-order valence-corrected chi connectivity index (χ2v) is 7.91. The molecule has 2 heterocycles. The van der Waals surface area contributed by atoms with Gasteiger partial charge in [0.25, 0.3) is 0 Å². The average molecular weight is 421 g/mol. The van der Waals surface area contributed by atoms with E-state index in [1.165, 1.54) is 10.8 Å². The quantitative estimate of drug-likeness (QED) is 0.270. The Kier molecular flexibility index (Phi) is 4.72. The molecule has 154 valence electrons. The molecule has 0 fully saturated rings. The Morgan fingerprint density at radius 3 is 1.91 bits per heavy atom. The van der Waals surface area contributed by atoms with Crippen LogP contribution < -0.4 is 0 Å². The Bertz CT molecular complexity index is 1610. The van der Waals surface area contributed by atoms with Gasteiger partial charge in [-0.15, -0.1) is 0 Å². The van der Waals surface area contributed by atoms with E-state index in [9.17, 15) is 0 Å². The van der Waals surface area contributed by atoms with Gasteiger partial charge < -0.3 is 0 Å². The van der Waals surface area contributed by atoms with Crippen molar-refractivity contribution in [1.29, 1.82) is 0 Å². The molecule has 0 atom stereocenters. The highest BCUT2D eigenvalue weighted by Gasteiger charge is 2.13. The molecule has 0 aliphatic carbocycles. The minimum atomic E-state index is 0.899. The first-order valence-corrected chi connectivity index (χ1v) is 11.0. The van der Waals surface area contributed by atoms with Crippen molar-refractivity contribution in [3.8, 4) is 28.9 Å². The molecule has 2 nitrogen and oxygen atoms in total. The van der Waals surface area contributed by atoms with Crippen molar-refractivity contribution >= 4 is 21.8 Å². The molecule has 4 aromatic carbocycles.